The van der Waals surface area contributed by atoms with Gasteiger partial charge in [0.2, 0.25) is 0 Å². The quantitative estimate of drug-likeness (QED) is 0.687. The molecule has 20 heavy (non-hydrogen) atoms. The molecule has 0 spiro atoms. The number of hydroxylamine groups is 1. The molecule has 0 bridgehead atoms. The molecule has 0 atom stereocenters. The van der Waals surface area contributed by atoms with Crippen LogP contribution in [0, 0.1) is 0 Å². The van der Waals surface area contributed by atoms with Gasteiger partial charge in [-0.15, -0.1) is 13.2 Å². The van der Waals surface area contributed by atoms with Crippen molar-refractivity contribution in [2.75, 3.05) is 6.61 Å². The number of carbonyl (C=O) groups excluding carboxylic acids is 1. The lowest BCUT2D eigenvalue weighted by atomic mass is 10.2. The molecule has 0 fully saturated rings. The van der Waals surface area contributed by atoms with E-state index in [1.165, 1.54) is 5.48 Å². The molecule has 1 amide bonds. The molecule has 1 rings (SSSR count). The predicted molar refractivity (Wildman–Crippen MR) is 52.6 cm³/mol. The van der Waals surface area contributed by atoms with Crippen LogP contribution < -0.4 is 10.2 Å². The summed E-state index contributed by atoms with van der Waals surface area (Å²) in [5, 5.41) is 0. The van der Waals surface area contributed by atoms with E-state index in [1.807, 2.05) is 0 Å². The number of benzene rings is 1. The Morgan fingerprint density at radius 1 is 1.05 bits per heavy atom. The fourth-order valence-electron chi connectivity index (χ4n) is 1.05. The van der Waals surface area contributed by atoms with Gasteiger partial charge >= 0.3 is 12.5 Å². The van der Waals surface area contributed by atoms with Gasteiger partial charge < -0.3 is 4.74 Å². The minimum Gasteiger partial charge on any atom is -0.406 e. The summed E-state index contributed by atoms with van der Waals surface area (Å²) in [6.07, 6.45) is -9.49. The lowest BCUT2D eigenvalue weighted by Gasteiger charge is -2.10. The van der Waals surface area contributed by atoms with E-state index in [4.69, 9.17) is 0 Å². The van der Waals surface area contributed by atoms with Crippen LogP contribution in [-0.2, 0) is 4.84 Å². The molecule has 112 valence electrons. The van der Waals surface area contributed by atoms with Crippen molar-refractivity contribution in [1.29, 1.82) is 0 Å². The van der Waals surface area contributed by atoms with Gasteiger partial charge in [0.05, 0.1) is 0 Å². The third kappa shape index (κ3) is 6.27. The molecule has 1 aromatic carbocycles. The SMILES string of the molecule is O=C(NOCC(F)(F)F)c1ccc(OC(F)(F)F)cc1. The standard InChI is InChI=1S/C10H7F6NO3/c11-9(12,13)5-19-17-8(18)6-1-3-7(4-2-6)20-10(14,15)16/h1-4H,5H2,(H,17,18). The molecule has 0 aliphatic heterocycles. The summed E-state index contributed by atoms with van der Waals surface area (Å²) < 4.78 is 74.3. The zero-order valence-corrected chi connectivity index (χ0v) is 9.51. The lowest BCUT2D eigenvalue weighted by Crippen LogP contribution is -2.29. The Balaban J connectivity index is 2.54. The summed E-state index contributed by atoms with van der Waals surface area (Å²) >= 11 is 0. The Hall–Kier alpha value is -1.97. The first-order valence-corrected chi connectivity index (χ1v) is 4.91. The minimum absolute atomic E-state index is 0.193. The second-order valence-electron chi connectivity index (χ2n) is 3.41. The number of carbonyl (C=O) groups is 1. The van der Waals surface area contributed by atoms with Gasteiger partial charge in [-0.3, -0.25) is 9.63 Å². The average molecular weight is 303 g/mol. The molecule has 10 heteroatoms. The van der Waals surface area contributed by atoms with Crippen LogP contribution >= 0.6 is 0 Å². The zero-order chi connectivity index (χ0) is 15.4. The second kappa shape index (κ2) is 5.99. The summed E-state index contributed by atoms with van der Waals surface area (Å²) in [4.78, 5) is 15.1. The molecule has 0 aliphatic rings. The fraction of sp³-hybridized carbons (Fsp3) is 0.300. The molecular weight excluding hydrogens is 296 g/mol. The highest BCUT2D eigenvalue weighted by atomic mass is 19.4. The van der Waals surface area contributed by atoms with Gasteiger partial charge in [0.25, 0.3) is 5.91 Å². The molecule has 1 N–H and O–H groups in total. The molecule has 0 saturated heterocycles. The van der Waals surface area contributed by atoms with Crippen molar-refractivity contribution in [2.24, 2.45) is 0 Å². The molecule has 0 saturated carbocycles. The third-order valence-electron chi connectivity index (χ3n) is 1.75. The Bertz CT molecular complexity index is 454. The molecule has 0 heterocycles. The number of ether oxygens (including phenoxy) is 1. The van der Waals surface area contributed by atoms with E-state index in [0.29, 0.717) is 0 Å². The maximum absolute atomic E-state index is 11.9. The predicted octanol–water partition coefficient (Wildman–Crippen LogP) is 2.81. The van der Waals surface area contributed by atoms with Gasteiger partial charge in [-0.05, 0) is 24.3 Å². The first kappa shape index (κ1) is 16.1. The normalized spacial score (nSPS) is 12.1. The Morgan fingerprint density at radius 3 is 2.05 bits per heavy atom. The van der Waals surface area contributed by atoms with E-state index < -0.39 is 30.8 Å². The average Bonchev–Trinajstić information content (AvgIpc) is 2.25. The maximum atomic E-state index is 11.9. The molecule has 4 nitrogen and oxygen atoms in total. The number of alkyl halides is 6. The minimum atomic E-state index is -4.88. The van der Waals surface area contributed by atoms with Crippen molar-refractivity contribution in [3.05, 3.63) is 29.8 Å². The number of rotatable bonds is 4. The number of hydrogen-bond donors (Lipinski definition) is 1. The maximum Gasteiger partial charge on any atom is 0.573 e. The van der Waals surface area contributed by atoms with Gasteiger partial charge in [0, 0.05) is 5.56 Å². The van der Waals surface area contributed by atoms with Gasteiger partial charge in [0.1, 0.15) is 5.75 Å². The smallest absolute Gasteiger partial charge is 0.406 e. The Kier molecular flexibility index (Phi) is 4.82. The first-order valence-electron chi connectivity index (χ1n) is 4.91. The second-order valence-corrected chi connectivity index (χ2v) is 3.41. The van der Waals surface area contributed by atoms with E-state index in [1.54, 1.807) is 0 Å². The van der Waals surface area contributed by atoms with E-state index >= 15 is 0 Å². The van der Waals surface area contributed by atoms with E-state index in [-0.39, 0.29) is 5.56 Å². The lowest BCUT2D eigenvalue weighted by molar-refractivity contribution is -0.274. The van der Waals surface area contributed by atoms with Crippen molar-refractivity contribution >= 4 is 5.91 Å². The van der Waals surface area contributed by atoms with Crippen LogP contribution in [0.1, 0.15) is 10.4 Å². The first-order chi connectivity index (χ1) is 9.07. The summed E-state index contributed by atoms with van der Waals surface area (Å²) in [5.74, 6) is -1.60. The zero-order valence-electron chi connectivity index (χ0n) is 9.51. The van der Waals surface area contributed by atoms with Crippen LogP contribution in [0.4, 0.5) is 26.3 Å². The number of halogens is 6. The number of hydrogen-bond acceptors (Lipinski definition) is 3. The third-order valence-corrected chi connectivity index (χ3v) is 1.75. The highest BCUT2D eigenvalue weighted by Gasteiger charge is 2.31. The van der Waals surface area contributed by atoms with Crippen LogP contribution in [0.3, 0.4) is 0 Å². The largest absolute Gasteiger partial charge is 0.573 e. The summed E-state index contributed by atoms with van der Waals surface area (Å²) in [6.45, 7) is -1.69. The Morgan fingerprint density at radius 2 is 1.60 bits per heavy atom. The van der Waals surface area contributed by atoms with Crippen LogP contribution in [0.2, 0.25) is 0 Å². The number of nitrogens with one attached hydrogen (secondary N) is 1. The summed E-state index contributed by atoms with van der Waals surface area (Å²) in [7, 11) is 0. The topological polar surface area (TPSA) is 47.6 Å². The van der Waals surface area contributed by atoms with E-state index in [0.717, 1.165) is 24.3 Å². The van der Waals surface area contributed by atoms with E-state index in [9.17, 15) is 31.1 Å². The summed E-state index contributed by atoms with van der Waals surface area (Å²) in [5.41, 5.74) is 1.31. The molecule has 0 aromatic heterocycles. The van der Waals surface area contributed by atoms with Crippen LogP contribution in [0.25, 0.3) is 0 Å². The molecule has 1 aromatic rings. The monoisotopic (exact) mass is 303 g/mol. The van der Waals surface area contributed by atoms with Gasteiger partial charge in [0.15, 0.2) is 6.61 Å². The van der Waals surface area contributed by atoms with Crippen molar-refractivity contribution < 1.29 is 40.7 Å². The van der Waals surface area contributed by atoms with Crippen molar-refractivity contribution in [3.8, 4) is 5.75 Å². The van der Waals surface area contributed by atoms with Crippen molar-refractivity contribution in [1.82, 2.24) is 5.48 Å². The number of amides is 1. The van der Waals surface area contributed by atoms with Crippen LogP contribution in [-0.4, -0.2) is 25.1 Å². The van der Waals surface area contributed by atoms with Crippen molar-refractivity contribution in [2.45, 2.75) is 12.5 Å². The molecule has 0 unspecified atom stereocenters. The van der Waals surface area contributed by atoms with Crippen molar-refractivity contribution in [3.63, 3.8) is 0 Å². The molecular formula is C10H7F6NO3. The van der Waals surface area contributed by atoms with Gasteiger partial charge in [-0.2, -0.15) is 13.2 Å². The fourth-order valence-corrected chi connectivity index (χ4v) is 1.05. The van der Waals surface area contributed by atoms with Gasteiger partial charge in [-0.25, -0.2) is 5.48 Å². The Labute approximate surface area is 108 Å². The van der Waals surface area contributed by atoms with Crippen LogP contribution in [0.5, 0.6) is 5.75 Å². The van der Waals surface area contributed by atoms with Crippen LogP contribution in [0.15, 0.2) is 24.3 Å². The summed E-state index contributed by atoms with van der Waals surface area (Å²) in [6, 6.07) is 3.55. The molecule has 0 radical (unpaired) electrons. The highest BCUT2D eigenvalue weighted by molar-refractivity contribution is 5.93. The highest BCUT2D eigenvalue weighted by Crippen LogP contribution is 2.22. The molecule has 0 aliphatic carbocycles. The van der Waals surface area contributed by atoms with E-state index in [2.05, 4.69) is 9.57 Å². The van der Waals surface area contributed by atoms with Gasteiger partial charge in [-0.1, -0.05) is 0 Å².